The van der Waals surface area contributed by atoms with E-state index >= 15 is 0 Å². The number of ether oxygens (including phenoxy) is 1. The molecule has 51 heavy (non-hydrogen) atoms. The lowest BCUT2D eigenvalue weighted by molar-refractivity contribution is 0.126. The molecule has 280 valence electrons. The van der Waals surface area contributed by atoms with Crippen molar-refractivity contribution in [2.75, 3.05) is 13.2 Å². The van der Waals surface area contributed by atoms with Crippen LogP contribution < -0.4 is 0 Å². The average Bonchev–Trinajstić information content (AvgIpc) is 3.20. The second-order valence-corrected chi connectivity index (χ2v) is 17.4. The number of hydrogen-bond acceptors (Lipinski definition) is 1. The van der Waals surface area contributed by atoms with Crippen LogP contribution in [0.15, 0.2) is 71.8 Å². The van der Waals surface area contributed by atoms with Crippen LogP contribution >= 0.6 is 0 Å². The first-order chi connectivity index (χ1) is 25.2. The zero-order valence-corrected chi connectivity index (χ0v) is 33.0. The van der Waals surface area contributed by atoms with Gasteiger partial charge >= 0.3 is 0 Å². The summed E-state index contributed by atoms with van der Waals surface area (Å²) in [5.41, 5.74) is 9.65. The van der Waals surface area contributed by atoms with Gasteiger partial charge in [0.1, 0.15) is 0 Å². The van der Waals surface area contributed by atoms with Gasteiger partial charge in [-0.2, -0.15) is 0 Å². The Morgan fingerprint density at radius 3 is 1.22 bits per heavy atom. The van der Waals surface area contributed by atoms with Crippen molar-refractivity contribution < 1.29 is 4.74 Å². The zero-order chi connectivity index (χ0) is 35.1. The highest BCUT2D eigenvalue weighted by Crippen LogP contribution is 2.44. The summed E-state index contributed by atoms with van der Waals surface area (Å²) in [6.45, 7) is 6.44. The summed E-state index contributed by atoms with van der Waals surface area (Å²) in [7, 11) is 0. The first kappa shape index (κ1) is 38.6. The Kier molecular flexibility index (Phi) is 15.9. The minimum atomic E-state index is 0.805. The summed E-state index contributed by atoms with van der Waals surface area (Å²) < 4.78 is 6.04. The quantitative estimate of drug-likeness (QED) is 0.112. The van der Waals surface area contributed by atoms with Crippen molar-refractivity contribution in [2.24, 2.45) is 23.7 Å². The van der Waals surface area contributed by atoms with Gasteiger partial charge in [-0.25, -0.2) is 0 Å². The molecule has 0 N–H and O–H groups in total. The molecule has 6 rings (SSSR count). The number of rotatable bonds is 18. The van der Waals surface area contributed by atoms with Crippen LogP contribution in [0, 0.1) is 23.7 Å². The molecule has 0 heterocycles. The number of unbranched alkanes of at least 4 members (excludes halogenated alkanes) is 4. The van der Waals surface area contributed by atoms with Crippen LogP contribution in [0.1, 0.15) is 189 Å². The van der Waals surface area contributed by atoms with Gasteiger partial charge in [0.25, 0.3) is 0 Å². The van der Waals surface area contributed by atoms with Gasteiger partial charge in [0.15, 0.2) is 0 Å². The molecular weight excluding hydrogens is 617 g/mol. The molecule has 1 nitrogen and oxygen atoms in total. The molecule has 0 spiro atoms. The fraction of sp³-hybridized carbons (Fsp3) is 0.680. The maximum atomic E-state index is 6.04. The first-order valence-electron chi connectivity index (χ1n) is 22.3. The van der Waals surface area contributed by atoms with E-state index in [9.17, 15) is 0 Å². The van der Waals surface area contributed by atoms with Gasteiger partial charge < -0.3 is 4.74 Å². The Morgan fingerprint density at radius 2 is 0.863 bits per heavy atom. The lowest BCUT2D eigenvalue weighted by Crippen LogP contribution is -2.22. The monoisotopic (exact) mass is 691 g/mol. The minimum absolute atomic E-state index is 0.805. The predicted octanol–water partition coefficient (Wildman–Crippen LogP) is 14.6. The van der Waals surface area contributed by atoms with Crippen molar-refractivity contribution in [3.05, 3.63) is 94.1 Å². The standard InChI is InChI=1S/C50H74O/c1-3-39-13-21-43(22-14-39)47-29-33-49(34-30-47)45-25-17-41(18-26-45)11-7-5-9-37-51-38-10-6-8-12-42-19-27-46(28-20-42)50-35-31-48(32-36-50)44-23-15-40(4-2)16-24-44/h13-17,19,21-24,45-50H,3-12,18,20,25-38H2,1-2H3. The summed E-state index contributed by atoms with van der Waals surface area (Å²) in [5.74, 6) is 5.45. The molecule has 2 aromatic rings. The molecule has 0 amide bonds. The van der Waals surface area contributed by atoms with Crippen LogP contribution in [0.4, 0.5) is 0 Å². The zero-order valence-electron chi connectivity index (χ0n) is 33.0. The topological polar surface area (TPSA) is 9.23 Å². The highest BCUT2D eigenvalue weighted by Gasteiger charge is 2.30. The number of benzene rings is 2. The van der Waals surface area contributed by atoms with E-state index in [1.165, 1.54) is 152 Å². The molecule has 2 atom stereocenters. The fourth-order valence-corrected chi connectivity index (χ4v) is 10.6. The van der Waals surface area contributed by atoms with E-state index in [0.717, 1.165) is 61.6 Å². The van der Waals surface area contributed by atoms with E-state index in [1.54, 1.807) is 22.3 Å². The molecule has 2 fully saturated rings. The van der Waals surface area contributed by atoms with Crippen LogP contribution in [-0.4, -0.2) is 13.2 Å². The summed E-state index contributed by atoms with van der Waals surface area (Å²) in [6.07, 6.45) is 37.9. The summed E-state index contributed by atoms with van der Waals surface area (Å²) in [6, 6.07) is 19.1. The van der Waals surface area contributed by atoms with Crippen LogP contribution in [0.25, 0.3) is 0 Å². The molecular formula is C50H74O. The molecule has 4 aliphatic carbocycles. The van der Waals surface area contributed by atoms with E-state index in [4.69, 9.17) is 4.74 Å². The molecule has 2 saturated carbocycles. The molecule has 0 aromatic heterocycles. The molecule has 2 unspecified atom stereocenters. The maximum Gasteiger partial charge on any atom is 0.0466 e. The summed E-state index contributed by atoms with van der Waals surface area (Å²) >= 11 is 0. The van der Waals surface area contributed by atoms with E-state index in [-0.39, 0.29) is 0 Å². The molecule has 1 heteroatoms. The van der Waals surface area contributed by atoms with Crippen molar-refractivity contribution in [1.82, 2.24) is 0 Å². The largest absolute Gasteiger partial charge is 0.381 e. The third kappa shape index (κ3) is 11.9. The highest BCUT2D eigenvalue weighted by atomic mass is 16.5. The van der Waals surface area contributed by atoms with Gasteiger partial charge in [-0.15, -0.1) is 0 Å². The first-order valence-corrected chi connectivity index (χ1v) is 22.3. The second kappa shape index (κ2) is 20.9. The lowest BCUT2D eigenvalue weighted by atomic mass is 9.70. The molecule has 4 aliphatic rings. The smallest absolute Gasteiger partial charge is 0.0466 e. The van der Waals surface area contributed by atoms with Gasteiger partial charge in [-0.3, -0.25) is 0 Å². The van der Waals surface area contributed by atoms with Crippen molar-refractivity contribution in [3.63, 3.8) is 0 Å². The van der Waals surface area contributed by atoms with Crippen molar-refractivity contribution in [1.29, 1.82) is 0 Å². The average molecular weight is 691 g/mol. The van der Waals surface area contributed by atoms with E-state index in [2.05, 4.69) is 74.5 Å². The Balaban J connectivity index is 0.732. The third-order valence-corrected chi connectivity index (χ3v) is 14.3. The third-order valence-electron chi connectivity index (χ3n) is 14.3. The fourth-order valence-electron chi connectivity index (χ4n) is 10.6. The van der Waals surface area contributed by atoms with Crippen LogP contribution in [0.5, 0.6) is 0 Å². The van der Waals surface area contributed by atoms with Gasteiger partial charge in [0.05, 0.1) is 0 Å². The van der Waals surface area contributed by atoms with Crippen LogP contribution in [-0.2, 0) is 17.6 Å². The van der Waals surface area contributed by atoms with Gasteiger partial charge in [0.2, 0.25) is 0 Å². The molecule has 2 aromatic carbocycles. The molecule has 0 bridgehead atoms. The normalized spacial score (nSPS) is 27.2. The maximum absolute atomic E-state index is 6.04. The van der Waals surface area contributed by atoms with E-state index < -0.39 is 0 Å². The van der Waals surface area contributed by atoms with Crippen molar-refractivity contribution >= 4 is 0 Å². The summed E-state index contributed by atoms with van der Waals surface area (Å²) in [5, 5.41) is 0. The molecule has 0 saturated heterocycles. The van der Waals surface area contributed by atoms with Gasteiger partial charge in [0, 0.05) is 13.2 Å². The number of allylic oxidation sites excluding steroid dienone is 4. The minimum Gasteiger partial charge on any atom is -0.381 e. The number of hydrogen-bond donors (Lipinski definition) is 0. The lowest BCUT2D eigenvalue weighted by Gasteiger charge is -2.35. The predicted molar refractivity (Wildman–Crippen MR) is 220 cm³/mol. The van der Waals surface area contributed by atoms with Crippen LogP contribution in [0.2, 0.25) is 0 Å². The Labute approximate surface area is 314 Å². The van der Waals surface area contributed by atoms with Gasteiger partial charge in [-0.05, 0) is 199 Å². The molecule has 0 aliphatic heterocycles. The number of aryl methyl sites for hydroxylation is 2. The Hall–Kier alpha value is -2.12. The second-order valence-electron chi connectivity index (χ2n) is 17.4. The van der Waals surface area contributed by atoms with Crippen molar-refractivity contribution in [3.8, 4) is 0 Å². The van der Waals surface area contributed by atoms with Gasteiger partial charge in [-0.1, -0.05) is 98.5 Å². The Bertz CT molecular complexity index is 1210. The Morgan fingerprint density at radius 1 is 0.451 bits per heavy atom. The highest BCUT2D eigenvalue weighted by molar-refractivity contribution is 5.27. The van der Waals surface area contributed by atoms with E-state index in [1.807, 2.05) is 0 Å². The SMILES string of the molecule is CCc1ccc(C2CCC(C3CC=C(CCCCCOCCCCCC4=CCC(C5CCC(c6ccc(CC)cc6)CC5)CC4)CC3)CC2)cc1. The van der Waals surface area contributed by atoms with E-state index in [0.29, 0.717) is 0 Å². The van der Waals surface area contributed by atoms with Crippen molar-refractivity contribution in [2.45, 2.75) is 180 Å². The van der Waals surface area contributed by atoms with Crippen LogP contribution in [0.3, 0.4) is 0 Å². The molecule has 0 radical (unpaired) electrons. The summed E-state index contributed by atoms with van der Waals surface area (Å²) in [4.78, 5) is 0.